The van der Waals surface area contributed by atoms with E-state index in [0.29, 0.717) is 18.7 Å². The Bertz CT molecular complexity index is 1070. The van der Waals surface area contributed by atoms with Gasteiger partial charge in [0.25, 0.3) is 5.56 Å². The number of ether oxygens (including phenoxy) is 2. The lowest BCUT2D eigenvalue weighted by atomic mass is 10.0. The molecule has 0 fully saturated rings. The van der Waals surface area contributed by atoms with Gasteiger partial charge in [0.05, 0.1) is 5.69 Å². The van der Waals surface area contributed by atoms with Crippen LogP contribution in [0.3, 0.4) is 0 Å². The molecular formula is C23H25N3O4. The second-order valence-corrected chi connectivity index (χ2v) is 6.92. The molecule has 3 aromatic rings. The molecule has 3 rings (SSSR count). The van der Waals surface area contributed by atoms with Crippen LogP contribution < -0.4 is 16.0 Å². The average Bonchev–Trinajstić information content (AvgIpc) is 2.74. The zero-order valence-electron chi connectivity index (χ0n) is 17.1. The Labute approximate surface area is 175 Å². The summed E-state index contributed by atoms with van der Waals surface area (Å²) >= 11 is 0. The standard InChI is InChI=1S/C23H25N3O4/c1-16(27)29-12-13-30-21-10-7-18(8-11-21)19-5-3-4-17(14-19)6-9-20-15-22(28)26(2)23(24)25-20/h3-5,7-8,10-11,14-15H,6,9,12-13H2,1-2H3,(H2,24,25). The lowest BCUT2D eigenvalue weighted by Gasteiger charge is -2.09. The van der Waals surface area contributed by atoms with Crippen LogP contribution in [0.15, 0.2) is 59.4 Å². The first kappa shape index (κ1) is 21.1. The third kappa shape index (κ3) is 5.70. The first-order valence-corrected chi connectivity index (χ1v) is 9.70. The normalized spacial score (nSPS) is 10.6. The Kier molecular flexibility index (Phi) is 6.85. The van der Waals surface area contributed by atoms with Gasteiger partial charge in [-0.15, -0.1) is 0 Å². The second kappa shape index (κ2) is 9.73. The van der Waals surface area contributed by atoms with Crippen LogP contribution in [0.1, 0.15) is 18.2 Å². The molecule has 156 valence electrons. The van der Waals surface area contributed by atoms with Crippen LogP contribution in [-0.2, 0) is 29.4 Å². The minimum Gasteiger partial charge on any atom is -0.490 e. The molecule has 1 aromatic heterocycles. The summed E-state index contributed by atoms with van der Waals surface area (Å²) in [5.74, 6) is 0.626. The Morgan fingerprint density at radius 1 is 1.03 bits per heavy atom. The van der Waals surface area contributed by atoms with Crippen LogP contribution in [0.5, 0.6) is 5.75 Å². The van der Waals surface area contributed by atoms with Gasteiger partial charge in [0.15, 0.2) is 0 Å². The number of hydrogen-bond donors (Lipinski definition) is 1. The number of esters is 1. The monoisotopic (exact) mass is 407 g/mol. The Morgan fingerprint density at radius 3 is 2.50 bits per heavy atom. The van der Waals surface area contributed by atoms with Crippen molar-refractivity contribution >= 4 is 11.9 Å². The maximum atomic E-state index is 11.9. The first-order chi connectivity index (χ1) is 14.4. The molecule has 0 saturated carbocycles. The molecule has 2 N–H and O–H groups in total. The predicted molar refractivity (Wildman–Crippen MR) is 115 cm³/mol. The summed E-state index contributed by atoms with van der Waals surface area (Å²) in [6.45, 7) is 1.92. The zero-order valence-corrected chi connectivity index (χ0v) is 17.1. The van der Waals surface area contributed by atoms with Crippen molar-refractivity contribution in [3.8, 4) is 16.9 Å². The van der Waals surface area contributed by atoms with Gasteiger partial charge in [-0.25, -0.2) is 4.98 Å². The van der Waals surface area contributed by atoms with E-state index in [1.165, 1.54) is 17.6 Å². The van der Waals surface area contributed by atoms with Crippen LogP contribution in [0.4, 0.5) is 5.95 Å². The van der Waals surface area contributed by atoms with E-state index in [4.69, 9.17) is 15.2 Å². The molecule has 0 aliphatic carbocycles. The number of carbonyl (C=O) groups excluding carboxylic acids is 1. The van der Waals surface area contributed by atoms with Gasteiger partial charge in [-0.05, 0) is 41.7 Å². The first-order valence-electron chi connectivity index (χ1n) is 9.70. The van der Waals surface area contributed by atoms with Crippen molar-refractivity contribution in [3.05, 3.63) is 76.2 Å². The molecule has 7 heteroatoms. The number of nitrogens with zero attached hydrogens (tertiary/aromatic N) is 2. The van der Waals surface area contributed by atoms with E-state index in [1.807, 2.05) is 30.3 Å². The molecule has 2 aromatic carbocycles. The van der Waals surface area contributed by atoms with Crippen LogP contribution in [0.25, 0.3) is 11.1 Å². The Morgan fingerprint density at radius 2 is 1.80 bits per heavy atom. The van der Waals surface area contributed by atoms with E-state index < -0.39 is 0 Å². The van der Waals surface area contributed by atoms with Crippen LogP contribution in [0.2, 0.25) is 0 Å². The molecular weight excluding hydrogens is 382 g/mol. The van der Waals surface area contributed by atoms with Crippen molar-refractivity contribution in [1.82, 2.24) is 9.55 Å². The van der Waals surface area contributed by atoms with Gasteiger partial charge in [0.2, 0.25) is 5.95 Å². The van der Waals surface area contributed by atoms with Crippen LogP contribution >= 0.6 is 0 Å². The minimum absolute atomic E-state index is 0.151. The number of nitrogens with two attached hydrogens (primary N) is 1. The van der Waals surface area contributed by atoms with Gasteiger partial charge >= 0.3 is 5.97 Å². The lowest BCUT2D eigenvalue weighted by molar-refractivity contribution is -0.141. The number of aromatic nitrogens is 2. The molecule has 0 atom stereocenters. The maximum absolute atomic E-state index is 11.9. The number of aryl methyl sites for hydroxylation is 2. The quantitative estimate of drug-likeness (QED) is 0.456. The number of hydrogen-bond acceptors (Lipinski definition) is 6. The van der Waals surface area contributed by atoms with Crippen molar-refractivity contribution in [3.63, 3.8) is 0 Å². The highest BCUT2D eigenvalue weighted by Gasteiger charge is 2.05. The summed E-state index contributed by atoms with van der Waals surface area (Å²) in [6, 6.07) is 17.5. The van der Waals surface area contributed by atoms with Crippen LogP contribution in [-0.4, -0.2) is 28.7 Å². The van der Waals surface area contributed by atoms with Gasteiger partial charge in [-0.2, -0.15) is 0 Å². The smallest absolute Gasteiger partial charge is 0.302 e. The molecule has 0 aliphatic rings. The SMILES string of the molecule is CC(=O)OCCOc1ccc(-c2cccc(CCc3cc(=O)n(C)c(N)n3)c2)cc1. The minimum atomic E-state index is -0.317. The van der Waals surface area contributed by atoms with Crippen molar-refractivity contribution in [2.24, 2.45) is 7.05 Å². The summed E-state index contributed by atoms with van der Waals surface area (Å²) in [7, 11) is 1.61. The van der Waals surface area contributed by atoms with E-state index in [2.05, 4.69) is 23.2 Å². The Hall–Kier alpha value is -3.61. The van der Waals surface area contributed by atoms with E-state index in [-0.39, 0.29) is 24.1 Å². The third-order valence-corrected chi connectivity index (χ3v) is 4.66. The number of anilines is 1. The van der Waals surface area contributed by atoms with E-state index in [1.54, 1.807) is 7.05 Å². The molecule has 0 spiro atoms. The third-order valence-electron chi connectivity index (χ3n) is 4.66. The zero-order chi connectivity index (χ0) is 21.5. The van der Waals surface area contributed by atoms with Crippen molar-refractivity contribution < 1.29 is 14.3 Å². The summed E-state index contributed by atoms with van der Waals surface area (Å²) < 4.78 is 11.7. The number of benzene rings is 2. The number of carbonyl (C=O) groups is 1. The van der Waals surface area contributed by atoms with Gasteiger partial charge in [-0.1, -0.05) is 36.4 Å². The summed E-state index contributed by atoms with van der Waals surface area (Å²) in [5.41, 5.74) is 9.62. The molecule has 0 unspecified atom stereocenters. The molecule has 0 bridgehead atoms. The second-order valence-electron chi connectivity index (χ2n) is 6.92. The maximum Gasteiger partial charge on any atom is 0.302 e. The number of nitrogen functional groups attached to an aromatic ring is 1. The fraction of sp³-hybridized carbons (Fsp3) is 0.261. The topological polar surface area (TPSA) is 96.4 Å². The summed E-state index contributed by atoms with van der Waals surface area (Å²) in [5, 5.41) is 0. The van der Waals surface area contributed by atoms with Gasteiger partial charge in [0.1, 0.15) is 19.0 Å². The van der Waals surface area contributed by atoms with Crippen molar-refractivity contribution in [2.75, 3.05) is 18.9 Å². The van der Waals surface area contributed by atoms with E-state index in [9.17, 15) is 9.59 Å². The molecule has 7 nitrogen and oxygen atoms in total. The molecule has 30 heavy (non-hydrogen) atoms. The highest BCUT2D eigenvalue weighted by Crippen LogP contribution is 2.24. The number of rotatable bonds is 8. The van der Waals surface area contributed by atoms with Crippen LogP contribution in [0, 0.1) is 0 Å². The molecule has 0 radical (unpaired) electrons. The molecule has 0 saturated heterocycles. The van der Waals surface area contributed by atoms with Gasteiger partial charge in [-0.3, -0.25) is 14.2 Å². The highest BCUT2D eigenvalue weighted by molar-refractivity contribution is 5.66. The van der Waals surface area contributed by atoms with Crippen molar-refractivity contribution in [2.45, 2.75) is 19.8 Å². The van der Waals surface area contributed by atoms with Gasteiger partial charge in [0, 0.05) is 20.0 Å². The fourth-order valence-electron chi connectivity index (χ4n) is 3.00. The molecule has 0 amide bonds. The van der Waals surface area contributed by atoms with E-state index >= 15 is 0 Å². The summed E-state index contributed by atoms with van der Waals surface area (Å²) in [4.78, 5) is 26.9. The molecule has 1 heterocycles. The molecule has 0 aliphatic heterocycles. The average molecular weight is 407 g/mol. The van der Waals surface area contributed by atoms with E-state index in [0.717, 1.165) is 28.9 Å². The summed E-state index contributed by atoms with van der Waals surface area (Å²) in [6.07, 6.45) is 1.39. The predicted octanol–water partition coefficient (Wildman–Crippen LogP) is 2.76. The fourth-order valence-corrected chi connectivity index (χ4v) is 3.00. The van der Waals surface area contributed by atoms with Crippen molar-refractivity contribution in [1.29, 1.82) is 0 Å². The Balaban J connectivity index is 1.62. The largest absolute Gasteiger partial charge is 0.490 e. The van der Waals surface area contributed by atoms with Gasteiger partial charge < -0.3 is 15.2 Å². The lowest BCUT2D eigenvalue weighted by Crippen LogP contribution is -2.21. The highest BCUT2D eigenvalue weighted by atomic mass is 16.6.